The number of ether oxygens (including phenoxy) is 2. The third-order valence-corrected chi connectivity index (χ3v) is 16.2. The molecule has 0 radical (unpaired) electrons. The first kappa shape index (κ1) is 46.4. The lowest BCUT2D eigenvalue weighted by atomic mass is 9.91. The lowest BCUT2D eigenvalue weighted by molar-refractivity contribution is -0.140. The van der Waals surface area contributed by atoms with Crippen LogP contribution in [0.4, 0.5) is 9.18 Å². The topological polar surface area (TPSA) is 179 Å². The maximum Gasteiger partial charge on any atom is 0.408 e. The molecule has 2 aliphatic heterocycles. The highest BCUT2D eigenvalue weighted by Gasteiger charge is 2.62. The third kappa shape index (κ3) is 9.86. The number of hydrogen-bond donors (Lipinski definition) is 2. The molecule has 1 saturated heterocycles. The van der Waals surface area contributed by atoms with E-state index < -0.39 is 67.7 Å². The molecule has 3 fully saturated rings. The number of hydrogen-bond acceptors (Lipinski definition) is 11. The van der Waals surface area contributed by atoms with Crippen molar-refractivity contribution in [2.24, 2.45) is 11.3 Å². The molecule has 0 unspecified atom stereocenters. The largest absolute Gasteiger partial charge is 0.459 e. The Morgan fingerprint density at radius 1 is 1.05 bits per heavy atom. The molecule has 4 aliphatic rings. The minimum atomic E-state index is -3.99. The second-order valence-electron chi connectivity index (χ2n) is 19.7. The summed E-state index contributed by atoms with van der Waals surface area (Å²) in [6, 6.07) is 10.5. The van der Waals surface area contributed by atoms with E-state index in [9.17, 15) is 32.0 Å². The van der Waals surface area contributed by atoms with Gasteiger partial charge in [-0.05, 0) is 110 Å². The van der Waals surface area contributed by atoms with Crippen LogP contribution < -0.4 is 14.8 Å². The Morgan fingerprint density at radius 2 is 1.82 bits per heavy atom. The number of fused-ring (bicyclic) bond motifs is 3. The SMILES string of the molecule is CC(C)n1c(O[C@@H]2C[C@H]3C(=O)C[C@]4(C(=O)NS(=O)(=O)C5(C)CC5)C[C@H]4/C=C\CCCCC[C@H](NC(=O)OC(C)(C)C)C(=O)N3C2)nc2c(-c3nc(Cc4ccccc4F)cs3)cccc21. The molecule has 65 heavy (non-hydrogen) atoms. The second-order valence-corrected chi connectivity index (χ2v) is 22.7. The summed E-state index contributed by atoms with van der Waals surface area (Å²) < 4.78 is 56.7. The normalized spacial score (nSPS) is 25.3. The van der Waals surface area contributed by atoms with Crippen molar-refractivity contribution >= 4 is 56.1 Å². The van der Waals surface area contributed by atoms with Crippen LogP contribution in [0.2, 0.25) is 0 Å². The summed E-state index contributed by atoms with van der Waals surface area (Å²) in [5, 5.41) is 5.41. The lowest BCUT2D eigenvalue weighted by Crippen LogP contribution is -2.53. The van der Waals surface area contributed by atoms with E-state index in [2.05, 4.69) is 10.0 Å². The molecule has 2 saturated carbocycles. The van der Waals surface area contributed by atoms with Gasteiger partial charge >= 0.3 is 6.09 Å². The van der Waals surface area contributed by atoms with Gasteiger partial charge in [0.1, 0.15) is 34.1 Å². The van der Waals surface area contributed by atoms with Crippen LogP contribution >= 0.6 is 11.3 Å². The average Bonchev–Trinajstić information content (AvgIpc) is 3.92. The summed E-state index contributed by atoms with van der Waals surface area (Å²) >= 11 is 1.44. The van der Waals surface area contributed by atoms with Gasteiger partial charge in [0.05, 0.1) is 34.0 Å². The van der Waals surface area contributed by atoms with Crippen LogP contribution in [-0.4, -0.2) is 86.6 Å². The molecule has 0 bridgehead atoms. The minimum absolute atomic E-state index is 0.0168. The van der Waals surface area contributed by atoms with Crippen LogP contribution in [-0.2, 0) is 35.6 Å². The number of amides is 3. The van der Waals surface area contributed by atoms with Crippen molar-refractivity contribution in [3.8, 4) is 16.6 Å². The van der Waals surface area contributed by atoms with Gasteiger partial charge < -0.3 is 19.7 Å². The van der Waals surface area contributed by atoms with Gasteiger partial charge in [-0.2, -0.15) is 4.98 Å². The van der Waals surface area contributed by atoms with E-state index in [1.165, 1.54) is 22.3 Å². The van der Waals surface area contributed by atoms with Crippen molar-refractivity contribution in [1.29, 1.82) is 0 Å². The summed E-state index contributed by atoms with van der Waals surface area (Å²) in [5.41, 5.74) is 1.34. The zero-order valence-corrected chi connectivity index (χ0v) is 39.5. The summed E-state index contributed by atoms with van der Waals surface area (Å²) in [6.07, 6.45) is 6.89. The number of sulfonamides is 1. The van der Waals surface area contributed by atoms with Crippen LogP contribution in [0.3, 0.4) is 0 Å². The van der Waals surface area contributed by atoms with E-state index in [1.54, 1.807) is 45.9 Å². The van der Waals surface area contributed by atoms with Gasteiger partial charge in [0.25, 0.3) is 6.01 Å². The lowest BCUT2D eigenvalue weighted by Gasteiger charge is -2.30. The zero-order valence-electron chi connectivity index (χ0n) is 37.9. The quantitative estimate of drug-likeness (QED) is 0.147. The summed E-state index contributed by atoms with van der Waals surface area (Å²) in [4.78, 5) is 68.2. The number of carbonyl (C=O) groups is 4. The van der Waals surface area contributed by atoms with Gasteiger partial charge in [0.15, 0.2) is 5.78 Å². The Morgan fingerprint density at radius 3 is 2.54 bits per heavy atom. The fraction of sp³-hybridized carbons (Fsp3) is 0.542. The fourth-order valence-electron chi connectivity index (χ4n) is 9.09. The highest BCUT2D eigenvalue weighted by atomic mass is 32.2. The predicted molar refractivity (Wildman–Crippen MR) is 245 cm³/mol. The van der Waals surface area contributed by atoms with Gasteiger partial charge in [-0.25, -0.2) is 22.6 Å². The zero-order chi connectivity index (χ0) is 46.5. The van der Waals surface area contributed by atoms with E-state index in [1.807, 2.05) is 54.1 Å². The number of ketones is 1. The van der Waals surface area contributed by atoms with Gasteiger partial charge in [0.2, 0.25) is 21.8 Å². The maximum atomic E-state index is 14.8. The predicted octanol–water partition coefficient (Wildman–Crippen LogP) is 8.20. The molecule has 0 spiro atoms. The number of carbonyl (C=O) groups excluding carboxylic acids is 4. The van der Waals surface area contributed by atoms with Crippen molar-refractivity contribution in [2.45, 2.75) is 147 Å². The first-order valence-corrected chi connectivity index (χ1v) is 25.1. The number of nitrogens with one attached hydrogen (secondary N) is 2. The van der Waals surface area contributed by atoms with Gasteiger partial charge in [-0.3, -0.25) is 23.7 Å². The van der Waals surface area contributed by atoms with Crippen molar-refractivity contribution in [1.82, 2.24) is 29.5 Å². The van der Waals surface area contributed by atoms with Crippen molar-refractivity contribution in [3.05, 3.63) is 77.1 Å². The van der Waals surface area contributed by atoms with Crippen molar-refractivity contribution in [3.63, 3.8) is 0 Å². The van der Waals surface area contributed by atoms with Crippen LogP contribution in [0.15, 0.2) is 60.0 Å². The molecule has 3 amide bonds. The highest BCUT2D eigenvalue weighted by Crippen LogP contribution is 2.57. The number of alkyl carbamates (subject to hydrolysis) is 1. The molecule has 2 aromatic heterocycles. The molecule has 17 heteroatoms. The molecule has 2 N–H and O–H groups in total. The molecule has 14 nitrogen and oxygen atoms in total. The molecule has 4 heterocycles. The highest BCUT2D eigenvalue weighted by molar-refractivity contribution is 7.91. The molecule has 348 valence electrons. The fourth-order valence-corrected chi connectivity index (χ4v) is 11.3. The number of allylic oxidation sites excluding steroid dienone is 2. The van der Waals surface area contributed by atoms with Crippen LogP contribution in [0.1, 0.15) is 123 Å². The van der Waals surface area contributed by atoms with Crippen LogP contribution in [0.25, 0.3) is 21.6 Å². The molecule has 2 aliphatic carbocycles. The van der Waals surface area contributed by atoms with E-state index in [-0.39, 0.29) is 43.2 Å². The minimum Gasteiger partial charge on any atom is -0.459 e. The second kappa shape index (κ2) is 17.9. The Balaban J connectivity index is 1.11. The van der Waals surface area contributed by atoms with Gasteiger partial charge in [-0.1, -0.05) is 49.3 Å². The van der Waals surface area contributed by atoms with Gasteiger partial charge in [-0.15, -0.1) is 11.3 Å². The number of halogens is 1. The van der Waals surface area contributed by atoms with Crippen LogP contribution in [0.5, 0.6) is 6.01 Å². The Bertz CT molecular complexity index is 2630. The number of aromatic nitrogens is 3. The average molecular weight is 931 g/mol. The molecule has 2 aromatic carbocycles. The van der Waals surface area contributed by atoms with Crippen LogP contribution in [0, 0.1) is 17.2 Å². The summed E-state index contributed by atoms with van der Waals surface area (Å²) in [6.45, 7) is 10.8. The first-order valence-electron chi connectivity index (χ1n) is 22.7. The Labute approximate surface area is 383 Å². The molecule has 5 atom stereocenters. The van der Waals surface area contributed by atoms with E-state index in [4.69, 9.17) is 19.4 Å². The maximum absolute atomic E-state index is 14.8. The Hall–Kier alpha value is -5.16. The number of nitrogens with zero attached hydrogens (tertiary/aromatic N) is 4. The monoisotopic (exact) mass is 930 g/mol. The first-order chi connectivity index (χ1) is 30.8. The van der Waals surface area contributed by atoms with Gasteiger partial charge in [0, 0.05) is 36.2 Å². The van der Waals surface area contributed by atoms with Crippen molar-refractivity contribution in [2.75, 3.05) is 6.54 Å². The Kier molecular flexibility index (Phi) is 12.8. The third-order valence-electron chi connectivity index (χ3n) is 13.1. The number of thiazole rings is 1. The molecular weight excluding hydrogens is 872 g/mol. The molecular formula is C48H59FN6O8S2. The summed E-state index contributed by atoms with van der Waals surface area (Å²) in [7, 11) is -3.99. The smallest absolute Gasteiger partial charge is 0.408 e. The number of Topliss-reactive ketones (excluding diaryl/α,β-unsaturated/α-hetero) is 1. The summed E-state index contributed by atoms with van der Waals surface area (Å²) in [5.74, 6) is -2.22. The van der Waals surface area contributed by atoms with E-state index in [0.29, 0.717) is 61.0 Å². The van der Waals surface area contributed by atoms with E-state index >= 15 is 0 Å². The standard InChI is InChI=1S/C48H59FN6O8S2/c1-29(2)55-37-20-14-17-34(41-50-32(28-64-41)23-30-15-12-13-18-35(30)49)40(37)52-44(55)62-33-24-38-39(56)26-48(43(58)53-65(60,61)47(6)21-22-47)25-31(48)16-10-8-7-9-11-19-36(42(57)54(38)27-33)51-45(59)63-46(3,4)5/h10,12-18,20,28-29,31,33,36,38H,7-9,11,19,21-27H2,1-6H3,(H,51,59)(H,53,58)/b16-10-/t31-,33-,36+,38+,48-/m1/s1. The molecule has 4 aromatic rings. The number of para-hydroxylation sites is 1. The number of imidazole rings is 1. The van der Waals surface area contributed by atoms with E-state index in [0.717, 1.165) is 29.6 Å². The molecule has 8 rings (SSSR count). The number of rotatable bonds is 10. The number of benzene rings is 2. The van der Waals surface area contributed by atoms with Crippen molar-refractivity contribution < 1.29 is 41.5 Å².